The molecule has 0 radical (unpaired) electrons. The molecule has 1 aromatic heterocycles. The average Bonchev–Trinajstić information content (AvgIpc) is 3.09. The first-order valence-corrected chi connectivity index (χ1v) is 8.34. The van der Waals surface area contributed by atoms with E-state index in [9.17, 15) is 19.4 Å². The molecule has 26 heavy (non-hydrogen) atoms. The van der Waals surface area contributed by atoms with Gasteiger partial charge in [-0.2, -0.15) is 0 Å². The molecule has 5 nitrogen and oxygen atoms in total. The summed E-state index contributed by atoms with van der Waals surface area (Å²) in [6.45, 7) is 1.95. The molecule has 0 fully saturated rings. The summed E-state index contributed by atoms with van der Waals surface area (Å²) in [7, 11) is 0. The highest BCUT2D eigenvalue weighted by molar-refractivity contribution is 6.09. The maximum absolute atomic E-state index is 14.0. The normalized spacial score (nSPS) is 15.5. The molecule has 2 aromatic carbocycles. The topological polar surface area (TPSA) is 65.7 Å². The van der Waals surface area contributed by atoms with Crippen molar-refractivity contribution in [1.82, 2.24) is 4.57 Å². The Balaban J connectivity index is 1.92. The van der Waals surface area contributed by atoms with Gasteiger partial charge in [-0.1, -0.05) is 6.92 Å². The minimum Gasteiger partial charge on any atom is -0.508 e. The quantitative estimate of drug-likeness (QED) is 0.728. The van der Waals surface area contributed by atoms with Crippen LogP contribution in [0.15, 0.2) is 54.7 Å². The molecule has 0 aliphatic carbocycles. The van der Waals surface area contributed by atoms with Crippen LogP contribution < -0.4 is 4.90 Å². The van der Waals surface area contributed by atoms with E-state index >= 15 is 0 Å². The number of fused-ring (bicyclic) bond motifs is 3. The Morgan fingerprint density at radius 1 is 1.12 bits per heavy atom. The highest BCUT2D eigenvalue weighted by Gasteiger charge is 2.35. The first-order chi connectivity index (χ1) is 12.5. The first-order valence-electron chi connectivity index (χ1n) is 8.34. The number of aromatic hydroxyl groups is 2. The standard InChI is InChI=1S/C20H17FN2O3/c1-2-15-16-4-3-9-22(16)17-8-5-12(21)10-18(17)23(15)20(26)14-7-6-13(24)11-19(14)25/h3-11,15,24-25H,2H2,1H3. The lowest BCUT2D eigenvalue weighted by atomic mass is 10.0. The van der Waals surface area contributed by atoms with Gasteiger partial charge in [0.1, 0.15) is 17.3 Å². The Kier molecular flexibility index (Phi) is 3.68. The lowest BCUT2D eigenvalue weighted by Gasteiger charge is -2.38. The third kappa shape index (κ3) is 2.34. The van der Waals surface area contributed by atoms with Crippen molar-refractivity contribution >= 4 is 11.6 Å². The number of benzene rings is 2. The van der Waals surface area contributed by atoms with Crippen LogP contribution in [0.3, 0.4) is 0 Å². The van der Waals surface area contributed by atoms with Gasteiger partial charge in [-0.3, -0.25) is 9.69 Å². The number of nitrogens with zero attached hydrogens (tertiary/aromatic N) is 2. The Morgan fingerprint density at radius 2 is 1.92 bits per heavy atom. The number of hydrogen-bond acceptors (Lipinski definition) is 3. The second-order valence-electron chi connectivity index (χ2n) is 6.24. The van der Waals surface area contributed by atoms with E-state index < -0.39 is 11.7 Å². The van der Waals surface area contributed by atoms with Crippen LogP contribution in [0.2, 0.25) is 0 Å². The number of aromatic nitrogens is 1. The number of amides is 1. The number of anilines is 1. The number of carbonyl (C=O) groups is 1. The molecule has 3 aromatic rings. The van der Waals surface area contributed by atoms with Crippen molar-refractivity contribution in [3.05, 3.63) is 71.8 Å². The number of phenolic OH excluding ortho intramolecular Hbond substituents is 2. The molecule has 1 atom stereocenters. The molecule has 6 heteroatoms. The zero-order valence-electron chi connectivity index (χ0n) is 14.1. The summed E-state index contributed by atoms with van der Waals surface area (Å²) >= 11 is 0. The third-order valence-electron chi connectivity index (χ3n) is 4.71. The van der Waals surface area contributed by atoms with Crippen LogP contribution in [0.1, 0.15) is 35.4 Å². The van der Waals surface area contributed by atoms with Gasteiger partial charge in [0, 0.05) is 18.0 Å². The van der Waals surface area contributed by atoms with E-state index in [1.807, 2.05) is 29.8 Å². The molecule has 1 aliphatic heterocycles. The van der Waals surface area contributed by atoms with Crippen LogP contribution in [0, 0.1) is 5.82 Å². The largest absolute Gasteiger partial charge is 0.508 e. The SMILES string of the molecule is CCC1c2cccn2-c2ccc(F)cc2N1C(=O)c1ccc(O)cc1O. The molecule has 2 N–H and O–H groups in total. The second kappa shape index (κ2) is 5.91. The van der Waals surface area contributed by atoms with Crippen molar-refractivity contribution in [2.24, 2.45) is 0 Å². The fourth-order valence-electron chi connectivity index (χ4n) is 3.55. The number of phenols is 2. The van der Waals surface area contributed by atoms with E-state index in [4.69, 9.17) is 0 Å². The second-order valence-corrected chi connectivity index (χ2v) is 6.24. The van der Waals surface area contributed by atoms with Crippen LogP contribution in [0.5, 0.6) is 11.5 Å². The van der Waals surface area contributed by atoms with E-state index in [2.05, 4.69) is 0 Å². The van der Waals surface area contributed by atoms with Gasteiger partial charge in [0.2, 0.25) is 0 Å². The molecule has 4 rings (SSSR count). The van der Waals surface area contributed by atoms with Gasteiger partial charge in [-0.25, -0.2) is 4.39 Å². The molecule has 132 valence electrons. The van der Waals surface area contributed by atoms with Gasteiger partial charge in [-0.15, -0.1) is 0 Å². The smallest absolute Gasteiger partial charge is 0.262 e. The van der Waals surface area contributed by atoms with Gasteiger partial charge in [0.15, 0.2) is 0 Å². The van der Waals surface area contributed by atoms with Crippen LogP contribution in [0.25, 0.3) is 5.69 Å². The Bertz CT molecular complexity index is 1010. The fourth-order valence-corrected chi connectivity index (χ4v) is 3.55. The molecule has 1 amide bonds. The fraction of sp³-hybridized carbons (Fsp3) is 0.150. The van der Waals surface area contributed by atoms with Crippen LogP contribution >= 0.6 is 0 Å². The van der Waals surface area contributed by atoms with E-state index in [1.165, 1.54) is 29.2 Å². The summed E-state index contributed by atoms with van der Waals surface area (Å²) in [5, 5.41) is 19.6. The van der Waals surface area contributed by atoms with Crippen molar-refractivity contribution in [2.45, 2.75) is 19.4 Å². The van der Waals surface area contributed by atoms with Crippen LogP contribution in [0.4, 0.5) is 10.1 Å². The maximum Gasteiger partial charge on any atom is 0.262 e. The van der Waals surface area contributed by atoms with Gasteiger partial charge in [0.25, 0.3) is 5.91 Å². The molecule has 2 heterocycles. The van der Waals surface area contributed by atoms with E-state index in [-0.39, 0.29) is 23.1 Å². The number of carbonyl (C=O) groups excluding carboxylic acids is 1. The summed E-state index contributed by atoms with van der Waals surface area (Å²) in [6, 6.07) is 11.7. The first kappa shape index (κ1) is 16.2. The molecule has 1 aliphatic rings. The van der Waals surface area contributed by atoms with Gasteiger partial charge in [0.05, 0.1) is 23.0 Å². The lowest BCUT2D eigenvalue weighted by molar-refractivity contribution is 0.0970. The molecular weight excluding hydrogens is 335 g/mol. The van der Waals surface area contributed by atoms with E-state index in [0.717, 1.165) is 11.8 Å². The molecule has 0 bridgehead atoms. The lowest BCUT2D eigenvalue weighted by Crippen LogP contribution is -2.39. The van der Waals surface area contributed by atoms with E-state index in [1.54, 1.807) is 6.07 Å². The number of hydrogen-bond donors (Lipinski definition) is 2. The third-order valence-corrected chi connectivity index (χ3v) is 4.71. The highest BCUT2D eigenvalue weighted by Crippen LogP contribution is 2.42. The van der Waals surface area contributed by atoms with Gasteiger partial charge >= 0.3 is 0 Å². The molecule has 0 saturated heterocycles. The number of rotatable bonds is 2. The zero-order chi connectivity index (χ0) is 18.4. The Morgan fingerprint density at radius 3 is 2.65 bits per heavy atom. The molecule has 0 saturated carbocycles. The van der Waals surface area contributed by atoms with E-state index in [0.29, 0.717) is 17.8 Å². The van der Waals surface area contributed by atoms with Crippen molar-refractivity contribution in [1.29, 1.82) is 0 Å². The molecule has 1 unspecified atom stereocenters. The number of halogens is 1. The minimum atomic E-state index is -0.450. The summed E-state index contributed by atoms with van der Waals surface area (Å²) in [4.78, 5) is 14.8. The van der Waals surface area contributed by atoms with Crippen molar-refractivity contribution in [3.8, 4) is 17.2 Å². The highest BCUT2D eigenvalue weighted by atomic mass is 19.1. The van der Waals surface area contributed by atoms with Crippen molar-refractivity contribution in [3.63, 3.8) is 0 Å². The molecule has 0 spiro atoms. The Hall–Kier alpha value is -3.28. The monoisotopic (exact) mass is 352 g/mol. The minimum absolute atomic E-state index is 0.0523. The summed E-state index contributed by atoms with van der Waals surface area (Å²) in [6.07, 6.45) is 2.50. The summed E-state index contributed by atoms with van der Waals surface area (Å²) in [5.74, 6) is -1.34. The van der Waals surface area contributed by atoms with Crippen molar-refractivity contribution < 1.29 is 19.4 Å². The zero-order valence-corrected chi connectivity index (χ0v) is 14.1. The van der Waals surface area contributed by atoms with Crippen molar-refractivity contribution in [2.75, 3.05) is 4.90 Å². The van der Waals surface area contributed by atoms with Gasteiger partial charge < -0.3 is 14.8 Å². The molecular formula is C20H17FN2O3. The average molecular weight is 352 g/mol. The van der Waals surface area contributed by atoms with Crippen LogP contribution in [-0.2, 0) is 0 Å². The summed E-state index contributed by atoms with van der Waals surface area (Å²) in [5.41, 5.74) is 2.11. The maximum atomic E-state index is 14.0. The van der Waals surface area contributed by atoms with Crippen LogP contribution in [-0.4, -0.2) is 20.7 Å². The predicted octanol–water partition coefficient (Wildman–Crippen LogP) is 4.14. The van der Waals surface area contributed by atoms with Gasteiger partial charge in [-0.05, 0) is 48.9 Å². The Labute approximate surface area is 149 Å². The summed E-state index contributed by atoms with van der Waals surface area (Å²) < 4.78 is 15.9. The predicted molar refractivity (Wildman–Crippen MR) is 95.3 cm³/mol.